The van der Waals surface area contributed by atoms with Gasteiger partial charge in [-0.3, -0.25) is 9.48 Å². The van der Waals surface area contributed by atoms with E-state index < -0.39 is 0 Å². The summed E-state index contributed by atoms with van der Waals surface area (Å²) in [6.07, 6.45) is 1.03. The van der Waals surface area contributed by atoms with Gasteiger partial charge in [-0.2, -0.15) is 5.10 Å². The van der Waals surface area contributed by atoms with E-state index in [0.29, 0.717) is 10.7 Å². The van der Waals surface area contributed by atoms with Crippen LogP contribution in [0.3, 0.4) is 0 Å². The number of halogens is 1. The molecule has 1 amide bonds. The number of likely N-dealkylation sites (N-methyl/N-ethyl adjacent to an activating group) is 1. The van der Waals surface area contributed by atoms with Gasteiger partial charge in [0.15, 0.2) is 5.69 Å². The molecule has 1 saturated heterocycles. The number of nitrogens with zero attached hydrogens (tertiary/aromatic N) is 5. The maximum absolute atomic E-state index is 12.6. The van der Waals surface area contributed by atoms with E-state index >= 15 is 0 Å². The van der Waals surface area contributed by atoms with Gasteiger partial charge in [0.2, 0.25) is 0 Å². The van der Waals surface area contributed by atoms with E-state index in [1.807, 2.05) is 9.58 Å². The van der Waals surface area contributed by atoms with Crippen molar-refractivity contribution in [1.29, 1.82) is 0 Å². The minimum absolute atomic E-state index is 0.0312. The summed E-state index contributed by atoms with van der Waals surface area (Å²) in [5.41, 5.74) is 1.39. The molecule has 0 aromatic carbocycles. The quantitative estimate of drug-likeness (QED) is 0.768. The smallest absolute Gasteiger partial charge is 0.276 e. The number of fused-ring (bicyclic) bond motifs is 1. The lowest BCUT2D eigenvalue weighted by atomic mass is 10.2. The van der Waals surface area contributed by atoms with Crippen molar-refractivity contribution in [1.82, 2.24) is 24.5 Å². The summed E-state index contributed by atoms with van der Waals surface area (Å²) in [4.78, 5) is 18.9. The molecular weight excluding hydrogens is 290 g/mol. The lowest BCUT2D eigenvalue weighted by Crippen LogP contribution is -2.47. The van der Waals surface area contributed by atoms with Crippen LogP contribution in [0.15, 0.2) is 0 Å². The van der Waals surface area contributed by atoms with E-state index in [1.165, 1.54) is 0 Å². The van der Waals surface area contributed by atoms with E-state index in [1.54, 1.807) is 0 Å². The van der Waals surface area contributed by atoms with E-state index in [2.05, 4.69) is 29.0 Å². The van der Waals surface area contributed by atoms with E-state index in [0.717, 1.165) is 57.9 Å². The molecule has 1 aromatic heterocycles. The van der Waals surface area contributed by atoms with Crippen LogP contribution in [0.25, 0.3) is 0 Å². The van der Waals surface area contributed by atoms with Crippen LogP contribution in [0, 0.1) is 0 Å². The molecule has 1 aromatic rings. The van der Waals surface area contributed by atoms with Gasteiger partial charge in [0.1, 0.15) is 0 Å². The van der Waals surface area contributed by atoms with Crippen molar-refractivity contribution in [3.05, 3.63) is 16.4 Å². The zero-order valence-corrected chi connectivity index (χ0v) is 13.4. The Morgan fingerprint density at radius 3 is 2.48 bits per heavy atom. The lowest BCUT2D eigenvalue weighted by molar-refractivity contribution is 0.0657. The predicted octanol–water partition coefficient (Wildman–Crippen LogP) is 0.760. The summed E-state index contributed by atoms with van der Waals surface area (Å²) < 4.78 is 1.91. The molecule has 6 nitrogen and oxygen atoms in total. The summed E-state index contributed by atoms with van der Waals surface area (Å²) in [5, 5.41) is 5.03. The molecule has 1 fully saturated rings. The molecule has 0 atom stereocenters. The van der Waals surface area contributed by atoms with Crippen molar-refractivity contribution in [2.45, 2.75) is 19.5 Å². The summed E-state index contributed by atoms with van der Waals surface area (Å²) in [6, 6.07) is 0. The van der Waals surface area contributed by atoms with Crippen molar-refractivity contribution < 1.29 is 4.79 Å². The number of hydrogen-bond acceptors (Lipinski definition) is 4. The highest BCUT2D eigenvalue weighted by molar-refractivity contribution is 6.34. The van der Waals surface area contributed by atoms with Crippen LogP contribution in [-0.2, 0) is 13.1 Å². The first kappa shape index (κ1) is 14.8. The highest BCUT2D eigenvalue weighted by Crippen LogP contribution is 2.25. The van der Waals surface area contributed by atoms with E-state index in [9.17, 15) is 4.79 Å². The van der Waals surface area contributed by atoms with Crippen LogP contribution in [-0.4, -0.2) is 77.2 Å². The number of piperazine rings is 1. The Bertz CT molecular complexity index is 536. The number of carbonyl (C=O) groups is 1. The van der Waals surface area contributed by atoms with Crippen LogP contribution in [0.5, 0.6) is 0 Å². The van der Waals surface area contributed by atoms with Gasteiger partial charge in [-0.1, -0.05) is 11.6 Å². The Kier molecular flexibility index (Phi) is 4.19. The Balaban J connectivity index is 1.83. The van der Waals surface area contributed by atoms with Gasteiger partial charge in [-0.15, -0.1) is 0 Å². The largest absolute Gasteiger partial charge is 0.335 e. The van der Waals surface area contributed by atoms with Gasteiger partial charge in [-0.25, -0.2) is 0 Å². The number of rotatable bonds is 1. The molecule has 21 heavy (non-hydrogen) atoms. The number of aryl methyl sites for hydroxylation is 1. The van der Waals surface area contributed by atoms with Crippen LogP contribution < -0.4 is 0 Å². The van der Waals surface area contributed by atoms with E-state index in [-0.39, 0.29) is 5.91 Å². The summed E-state index contributed by atoms with van der Waals surface area (Å²) in [7, 11) is 4.14. The van der Waals surface area contributed by atoms with Crippen LogP contribution in [0.4, 0.5) is 0 Å². The topological polar surface area (TPSA) is 44.6 Å². The first-order valence-corrected chi connectivity index (χ1v) is 7.85. The molecule has 0 N–H and O–H groups in total. The lowest BCUT2D eigenvalue weighted by Gasteiger charge is -2.32. The van der Waals surface area contributed by atoms with Gasteiger partial charge in [0.05, 0.1) is 10.7 Å². The first-order chi connectivity index (χ1) is 10.1. The number of amides is 1. The molecule has 2 aliphatic rings. The normalized spacial score (nSPS) is 21.2. The molecule has 7 heteroatoms. The van der Waals surface area contributed by atoms with Crippen LogP contribution in [0.2, 0.25) is 5.02 Å². The highest BCUT2D eigenvalue weighted by Gasteiger charge is 2.28. The summed E-state index contributed by atoms with van der Waals surface area (Å²) in [6.45, 7) is 5.90. The molecule has 0 aliphatic carbocycles. The van der Waals surface area contributed by atoms with Crippen LogP contribution >= 0.6 is 11.6 Å². The average molecular weight is 312 g/mol. The molecule has 0 bridgehead atoms. The molecule has 116 valence electrons. The van der Waals surface area contributed by atoms with Gasteiger partial charge in [-0.05, 0) is 20.5 Å². The van der Waals surface area contributed by atoms with Crippen molar-refractivity contribution in [2.75, 3.05) is 46.8 Å². The molecule has 2 aliphatic heterocycles. The molecule has 0 saturated carbocycles. The maximum Gasteiger partial charge on any atom is 0.276 e. The second-order valence-corrected chi connectivity index (χ2v) is 6.40. The monoisotopic (exact) mass is 311 g/mol. The first-order valence-electron chi connectivity index (χ1n) is 7.48. The second kappa shape index (κ2) is 5.94. The van der Waals surface area contributed by atoms with Gasteiger partial charge in [0.25, 0.3) is 5.91 Å². The third-order valence-electron chi connectivity index (χ3n) is 4.32. The van der Waals surface area contributed by atoms with E-state index in [4.69, 9.17) is 11.6 Å². The molecule has 0 unspecified atom stereocenters. The third kappa shape index (κ3) is 2.93. The van der Waals surface area contributed by atoms with Crippen molar-refractivity contribution in [2.24, 2.45) is 0 Å². The number of aromatic nitrogens is 2. The fourth-order valence-electron chi connectivity index (χ4n) is 2.93. The SMILES string of the molecule is CN1CCN(C(=O)c2nn3c(c2Cl)CN(C)CCC3)CC1. The summed E-state index contributed by atoms with van der Waals surface area (Å²) in [5.74, 6) is -0.0312. The minimum atomic E-state index is -0.0312. The number of carbonyl (C=O) groups excluding carboxylic acids is 1. The fraction of sp³-hybridized carbons (Fsp3) is 0.714. The predicted molar refractivity (Wildman–Crippen MR) is 81.6 cm³/mol. The highest BCUT2D eigenvalue weighted by atomic mass is 35.5. The number of hydrogen-bond donors (Lipinski definition) is 0. The zero-order valence-electron chi connectivity index (χ0n) is 12.7. The Morgan fingerprint density at radius 1 is 1.05 bits per heavy atom. The standard InChI is InChI=1S/C14H22ClN5O/c1-17-6-8-19(9-7-17)14(21)13-12(15)11-10-18(2)4-3-5-20(11)16-13/h3-10H2,1-2H3. The van der Waals surface area contributed by atoms with Gasteiger partial charge >= 0.3 is 0 Å². The van der Waals surface area contributed by atoms with Crippen molar-refractivity contribution >= 4 is 17.5 Å². The third-order valence-corrected chi connectivity index (χ3v) is 4.71. The van der Waals surface area contributed by atoms with Crippen molar-refractivity contribution in [3.8, 4) is 0 Å². The molecule has 0 spiro atoms. The van der Waals surface area contributed by atoms with Crippen LogP contribution in [0.1, 0.15) is 22.6 Å². The maximum atomic E-state index is 12.6. The minimum Gasteiger partial charge on any atom is -0.335 e. The molecule has 0 radical (unpaired) electrons. The molecule has 3 rings (SSSR count). The van der Waals surface area contributed by atoms with Gasteiger partial charge in [0, 0.05) is 45.8 Å². The Labute approximate surface area is 130 Å². The zero-order chi connectivity index (χ0) is 15.0. The Hall–Kier alpha value is -1.11. The van der Waals surface area contributed by atoms with Gasteiger partial charge < -0.3 is 14.7 Å². The Morgan fingerprint density at radius 2 is 1.76 bits per heavy atom. The summed E-state index contributed by atoms with van der Waals surface area (Å²) >= 11 is 6.45. The van der Waals surface area contributed by atoms with Crippen molar-refractivity contribution in [3.63, 3.8) is 0 Å². The average Bonchev–Trinajstić information content (AvgIpc) is 2.66. The second-order valence-electron chi connectivity index (χ2n) is 6.02. The molecule has 3 heterocycles. The molecular formula is C14H22ClN5O. The fourth-order valence-corrected chi connectivity index (χ4v) is 3.21.